The largest absolute Gasteiger partial charge is 0.383 e. The first kappa shape index (κ1) is 10.6. The van der Waals surface area contributed by atoms with Gasteiger partial charge in [-0.1, -0.05) is 30.9 Å². The SMILES string of the molecule is C=C1C=CC(c2cccc3c(N)nccc23)=CN1. The summed E-state index contributed by atoms with van der Waals surface area (Å²) in [5.74, 6) is 0.562. The number of allylic oxidation sites excluding steroid dienone is 3. The lowest BCUT2D eigenvalue weighted by Gasteiger charge is -2.13. The number of hydrogen-bond acceptors (Lipinski definition) is 3. The Hall–Kier alpha value is -2.55. The zero-order valence-corrected chi connectivity index (χ0v) is 9.85. The zero-order chi connectivity index (χ0) is 12.5. The molecule has 0 radical (unpaired) electrons. The highest BCUT2D eigenvalue weighted by molar-refractivity contribution is 6.00. The van der Waals surface area contributed by atoms with Crippen LogP contribution in [0.1, 0.15) is 5.56 Å². The van der Waals surface area contributed by atoms with Crippen LogP contribution >= 0.6 is 0 Å². The van der Waals surface area contributed by atoms with E-state index in [0.717, 1.165) is 27.6 Å². The van der Waals surface area contributed by atoms with Gasteiger partial charge in [0.05, 0.1) is 0 Å². The molecule has 3 nitrogen and oxygen atoms in total. The van der Waals surface area contributed by atoms with Crippen molar-refractivity contribution >= 4 is 22.2 Å². The second kappa shape index (κ2) is 4.04. The van der Waals surface area contributed by atoms with Gasteiger partial charge in [-0.05, 0) is 28.7 Å². The molecule has 1 aromatic carbocycles. The molecule has 0 saturated carbocycles. The van der Waals surface area contributed by atoms with Gasteiger partial charge in [-0.15, -0.1) is 0 Å². The molecule has 2 heterocycles. The summed E-state index contributed by atoms with van der Waals surface area (Å²) in [6.07, 6.45) is 7.69. The molecule has 1 aromatic heterocycles. The van der Waals surface area contributed by atoms with E-state index >= 15 is 0 Å². The average molecular weight is 235 g/mol. The van der Waals surface area contributed by atoms with Crippen molar-refractivity contribution in [2.45, 2.75) is 0 Å². The molecule has 0 spiro atoms. The van der Waals surface area contributed by atoms with E-state index in [2.05, 4.69) is 22.9 Å². The number of hydrogen-bond donors (Lipinski definition) is 2. The predicted octanol–water partition coefficient (Wildman–Crippen LogP) is 2.83. The van der Waals surface area contributed by atoms with Crippen molar-refractivity contribution in [3.63, 3.8) is 0 Å². The van der Waals surface area contributed by atoms with Crippen molar-refractivity contribution in [2.75, 3.05) is 5.73 Å². The number of aromatic nitrogens is 1. The number of anilines is 1. The molecule has 0 saturated heterocycles. The molecule has 18 heavy (non-hydrogen) atoms. The second-order valence-electron chi connectivity index (χ2n) is 4.20. The summed E-state index contributed by atoms with van der Waals surface area (Å²) in [4.78, 5) is 4.12. The van der Waals surface area contributed by atoms with Gasteiger partial charge >= 0.3 is 0 Å². The van der Waals surface area contributed by atoms with Crippen LogP contribution in [0.5, 0.6) is 0 Å². The number of pyridine rings is 1. The minimum Gasteiger partial charge on any atom is -0.383 e. The average Bonchev–Trinajstić information content (AvgIpc) is 2.40. The monoisotopic (exact) mass is 235 g/mol. The van der Waals surface area contributed by atoms with E-state index in [-0.39, 0.29) is 0 Å². The van der Waals surface area contributed by atoms with Crippen LogP contribution in [0.25, 0.3) is 16.3 Å². The smallest absolute Gasteiger partial charge is 0.131 e. The molecule has 1 aliphatic heterocycles. The molecule has 0 aliphatic carbocycles. The van der Waals surface area contributed by atoms with Crippen LogP contribution in [-0.4, -0.2) is 4.98 Å². The zero-order valence-electron chi connectivity index (χ0n) is 9.85. The topological polar surface area (TPSA) is 50.9 Å². The Morgan fingerprint density at radius 1 is 1.11 bits per heavy atom. The Morgan fingerprint density at radius 3 is 2.78 bits per heavy atom. The lowest BCUT2D eigenvalue weighted by molar-refractivity contribution is 1.11. The summed E-state index contributed by atoms with van der Waals surface area (Å²) in [5.41, 5.74) is 9.03. The first-order valence-corrected chi connectivity index (χ1v) is 5.73. The van der Waals surface area contributed by atoms with Gasteiger partial charge in [-0.2, -0.15) is 0 Å². The van der Waals surface area contributed by atoms with E-state index < -0.39 is 0 Å². The van der Waals surface area contributed by atoms with Gasteiger partial charge < -0.3 is 11.1 Å². The number of fused-ring (bicyclic) bond motifs is 1. The standard InChI is InChI=1S/C15H13N3/c1-10-5-6-11(9-18-10)12-3-2-4-14-13(12)7-8-17-15(14)16/h2-9,18H,1H2,(H2,16,17). The summed E-state index contributed by atoms with van der Waals surface area (Å²) >= 11 is 0. The van der Waals surface area contributed by atoms with Gasteiger partial charge in [-0.25, -0.2) is 4.98 Å². The molecule has 2 aromatic rings. The van der Waals surface area contributed by atoms with E-state index in [4.69, 9.17) is 5.73 Å². The van der Waals surface area contributed by atoms with E-state index in [1.54, 1.807) is 6.20 Å². The lowest BCUT2D eigenvalue weighted by Crippen LogP contribution is -2.06. The number of nitrogens with one attached hydrogen (secondary N) is 1. The molecule has 0 bridgehead atoms. The fraction of sp³-hybridized carbons (Fsp3) is 0. The fourth-order valence-electron chi connectivity index (χ4n) is 2.11. The number of rotatable bonds is 1. The quantitative estimate of drug-likeness (QED) is 0.799. The highest BCUT2D eigenvalue weighted by Gasteiger charge is 2.08. The first-order valence-electron chi connectivity index (χ1n) is 5.73. The third kappa shape index (κ3) is 1.66. The molecule has 3 N–H and O–H groups in total. The number of nitrogens with two attached hydrogens (primary N) is 1. The van der Waals surface area contributed by atoms with Gasteiger partial charge in [0.15, 0.2) is 0 Å². The maximum atomic E-state index is 5.90. The number of dihydropyridines is 1. The molecule has 3 rings (SSSR count). The van der Waals surface area contributed by atoms with Crippen LogP contribution in [0, 0.1) is 0 Å². The Bertz CT molecular complexity index is 696. The van der Waals surface area contributed by atoms with Crippen molar-refractivity contribution in [1.29, 1.82) is 0 Å². The van der Waals surface area contributed by atoms with Gasteiger partial charge in [-0.3, -0.25) is 0 Å². The van der Waals surface area contributed by atoms with Crippen LogP contribution < -0.4 is 11.1 Å². The van der Waals surface area contributed by atoms with Crippen LogP contribution in [0.15, 0.2) is 61.1 Å². The van der Waals surface area contributed by atoms with Gasteiger partial charge in [0.25, 0.3) is 0 Å². The highest BCUT2D eigenvalue weighted by atomic mass is 14.8. The second-order valence-corrected chi connectivity index (χ2v) is 4.20. The van der Waals surface area contributed by atoms with E-state index in [9.17, 15) is 0 Å². The van der Waals surface area contributed by atoms with Crippen molar-refractivity contribution in [3.05, 3.63) is 66.7 Å². The molecular formula is C15H13N3. The third-order valence-electron chi connectivity index (χ3n) is 3.03. The van der Waals surface area contributed by atoms with Crippen LogP contribution in [0.4, 0.5) is 5.82 Å². The molecule has 1 aliphatic rings. The normalized spacial score (nSPS) is 14.4. The Morgan fingerprint density at radius 2 is 2.00 bits per heavy atom. The number of nitrogen functional groups attached to an aromatic ring is 1. The minimum absolute atomic E-state index is 0.562. The number of nitrogens with zero attached hydrogens (tertiary/aromatic N) is 1. The predicted molar refractivity (Wildman–Crippen MR) is 75.5 cm³/mol. The molecular weight excluding hydrogens is 222 g/mol. The van der Waals surface area contributed by atoms with Crippen LogP contribution in [0.3, 0.4) is 0 Å². The summed E-state index contributed by atoms with van der Waals surface area (Å²) in [7, 11) is 0. The summed E-state index contributed by atoms with van der Waals surface area (Å²) < 4.78 is 0. The molecule has 0 fully saturated rings. The third-order valence-corrected chi connectivity index (χ3v) is 3.03. The van der Waals surface area contributed by atoms with Crippen molar-refractivity contribution in [3.8, 4) is 0 Å². The van der Waals surface area contributed by atoms with Crippen molar-refractivity contribution in [1.82, 2.24) is 10.3 Å². The fourth-order valence-corrected chi connectivity index (χ4v) is 2.11. The van der Waals surface area contributed by atoms with Gasteiger partial charge in [0.1, 0.15) is 5.82 Å². The first-order chi connectivity index (χ1) is 8.75. The maximum absolute atomic E-state index is 5.90. The Balaban J connectivity index is 2.22. The van der Waals surface area contributed by atoms with Crippen molar-refractivity contribution in [2.24, 2.45) is 0 Å². The van der Waals surface area contributed by atoms with Crippen LogP contribution in [0.2, 0.25) is 0 Å². The summed E-state index contributed by atoms with van der Waals surface area (Å²) in [6, 6.07) is 8.04. The molecule has 3 heteroatoms. The maximum Gasteiger partial charge on any atom is 0.131 e. The minimum atomic E-state index is 0.562. The summed E-state index contributed by atoms with van der Waals surface area (Å²) in [6.45, 7) is 3.85. The van der Waals surface area contributed by atoms with E-state index in [1.165, 1.54) is 0 Å². The molecule has 0 unspecified atom stereocenters. The molecule has 88 valence electrons. The summed E-state index contributed by atoms with van der Waals surface area (Å²) in [5, 5.41) is 5.21. The molecule has 0 atom stereocenters. The van der Waals surface area contributed by atoms with Gasteiger partial charge in [0.2, 0.25) is 0 Å². The van der Waals surface area contributed by atoms with Crippen molar-refractivity contribution < 1.29 is 0 Å². The molecule has 0 amide bonds. The van der Waals surface area contributed by atoms with Crippen LogP contribution in [-0.2, 0) is 0 Å². The Labute approximate surface area is 105 Å². The van der Waals surface area contributed by atoms with Gasteiger partial charge in [0, 0.05) is 23.5 Å². The van der Waals surface area contributed by atoms with E-state index in [0.29, 0.717) is 5.82 Å². The highest BCUT2D eigenvalue weighted by Crippen LogP contribution is 2.28. The van der Waals surface area contributed by atoms with E-state index in [1.807, 2.05) is 36.6 Å². The number of benzene rings is 1. The Kier molecular flexibility index (Phi) is 2.38. The lowest BCUT2D eigenvalue weighted by atomic mass is 9.98.